The predicted molar refractivity (Wildman–Crippen MR) is 73.2 cm³/mol. The van der Waals surface area contributed by atoms with Gasteiger partial charge < -0.3 is 0 Å². The zero-order chi connectivity index (χ0) is 12.1. The van der Waals surface area contributed by atoms with Crippen LogP contribution in [0.5, 0.6) is 0 Å². The molecule has 1 aromatic rings. The van der Waals surface area contributed by atoms with Gasteiger partial charge in [0.25, 0.3) is 0 Å². The summed E-state index contributed by atoms with van der Waals surface area (Å²) in [5, 5.41) is 0. The van der Waals surface area contributed by atoms with Gasteiger partial charge in [-0.25, -0.2) is 0 Å². The first kappa shape index (κ1) is 13.3. The minimum Gasteiger partial charge on any atom is -0.0648 e. The number of aryl methyl sites for hydroxylation is 1. The van der Waals surface area contributed by atoms with E-state index in [1.54, 1.807) is 11.1 Å². The average molecular weight is 218 g/mol. The summed E-state index contributed by atoms with van der Waals surface area (Å²) in [7, 11) is 0. The summed E-state index contributed by atoms with van der Waals surface area (Å²) < 4.78 is 0. The first-order valence-corrected chi connectivity index (χ1v) is 6.76. The van der Waals surface area contributed by atoms with Crippen molar-refractivity contribution in [2.75, 3.05) is 0 Å². The zero-order valence-corrected chi connectivity index (χ0v) is 11.5. The molecule has 0 fully saturated rings. The zero-order valence-electron chi connectivity index (χ0n) is 11.5. The second-order valence-electron chi connectivity index (χ2n) is 4.93. The van der Waals surface area contributed by atoms with Gasteiger partial charge >= 0.3 is 0 Å². The summed E-state index contributed by atoms with van der Waals surface area (Å²) in [5.74, 6) is 1.39. The third kappa shape index (κ3) is 2.87. The van der Waals surface area contributed by atoms with E-state index in [0.29, 0.717) is 11.8 Å². The van der Waals surface area contributed by atoms with E-state index in [9.17, 15) is 0 Å². The molecule has 0 saturated carbocycles. The number of rotatable bonds is 5. The van der Waals surface area contributed by atoms with Crippen molar-refractivity contribution >= 4 is 0 Å². The Morgan fingerprint density at radius 2 is 1.56 bits per heavy atom. The minimum absolute atomic E-state index is 0.691. The quantitative estimate of drug-likeness (QED) is 0.631. The van der Waals surface area contributed by atoms with Gasteiger partial charge in [-0.2, -0.15) is 0 Å². The molecule has 0 spiro atoms. The van der Waals surface area contributed by atoms with Gasteiger partial charge in [0.15, 0.2) is 0 Å². The highest BCUT2D eigenvalue weighted by Crippen LogP contribution is 2.27. The second kappa shape index (κ2) is 6.08. The number of hydrogen-bond acceptors (Lipinski definition) is 0. The molecule has 0 radical (unpaired) electrons. The predicted octanol–water partition coefficient (Wildman–Crippen LogP) is 5.28. The lowest BCUT2D eigenvalue weighted by Crippen LogP contribution is -2.00. The lowest BCUT2D eigenvalue weighted by molar-refractivity contribution is 0.710. The molecule has 0 aromatic heterocycles. The molecule has 2 atom stereocenters. The maximum atomic E-state index is 2.43. The van der Waals surface area contributed by atoms with E-state index in [1.165, 1.54) is 18.4 Å². The maximum absolute atomic E-state index is 2.43. The Morgan fingerprint density at radius 1 is 0.938 bits per heavy atom. The summed E-state index contributed by atoms with van der Waals surface area (Å²) in [6.45, 7) is 11.4. The topological polar surface area (TPSA) is 0 Å². The highest BCUT2D eigenvalue weighted by molar-refractivity contribution is 5.35. The Morgan fingerprint density at radius 3 is 2.06 bits per heavy atom. The van der Waals surface area contributed by atoms with Crippen LogP contribution >= 0.6 is 0 Å². The monoisotopic (exact) mass is 218 g/mol. The Kier molecular flexibility index (Phi) is 5.05. The summed E-state index contributed by atoms with van der Waals surface area (Å²) in [4.78, 5) is 0. The van der Waals surface area contributed by atoms with Gasteiger partial charge in [0.2, 0.25) is 0 Å². The van der Waals surface area contributed by atoms with Gasteiger partial charge in [-0.05, 0) is 47.8 Å². The van der Waals surface area contributed by atoms with Crippen molar-refractivity contribution in [1.82, 2.24) is 0 Å². The molecule has 0 aliphatic carbocycles. The molecule has 1 rings (SSSR count). The highest BCUT2D eigenvalue weighted by Gasteiger charge is 2.10. The lowest BCUT2D eigenvalue weighted by Gasteiger charge is -2.17. The molecule has 0 heteroatoms. The molecule has 0 saturated heterocycles. The molecule has 0 aliphatic rings. The third-order valence-corrected chi connectivity index (χ3v) is 3.87. The van der Waals surface area contributed by atoms with Crippen molar-refractivity contribution in [2.24, 2.45) is 0 Å². The third-order valence-electron chi connectivity index (χ3n) is 3.87. The standard InChI is InChI=1S/C16H26/c1-6-12(4)15-9-10-16(13(5)7-2)14(8-3)11-15/h9-13H,6-8H2,1-5H3. The fraction of sp³-hybridized carbons (Fsp3) is 0.625. The van der Waals surface area contributed by atoms with E-state index in [-0.39, 0.29) is 0 Å². The van der Waals surface area contributed by atoms with E-state index >= 15 is 0 Å². The van der Waals surface area contributed by atoms with Crippen molar-refractivity contribution in [3.8, 4) is 0 Å². The molecular formula is C16H26. The van der Waals surface area contributed by atoms with Crippen LogP contribution in [0.4, 0.5) is 0 Å². The molecule has 1 aromatic carbocycles. The van der Waals surface area contributed by atoms with Crippen LogP contribution < -0.4 is 0 Å². The normalized spacial score (nSPS) is 14.8. The van der Waals surface area contributed by atoms with E-state index in [1.807, 2.05) is 0 Å². The van der Waals surface area contributed by atoms with Crippen LogP contribution in [-0.4, -0.2) is 0 Å². The largest absolute Gasteiger partial charge is 0.0648 e. The minimum atomic E-state index is 0.691. The summed E-state index contributed by atoms with van der Waals surface area (Å²) in [6, 6.07) is 7.11. The van der Waals surface area contributed by atoms with Gasteiger partial charge in [0.1, 0.15) is 0 Å². The van der Waals surface area contributed by atoms with Crippen LogP contribution in [0.25, 0.3) is 0 Å². The van der Waals surface area contributed by atoms with Crippen LogP contribution in [0.1, 0.15) is 76.0 Å². The molecule has 0 heterocycles. The molecule has 0 bridgehead atoms. The van der Waals surface area contributed by atoms with Gasteiger partial charge in [-0.15, -0.1) is 0 Å². The summed E-state index contributed by atoms with van der Waals surface area (Å²) in [6.07, 6.45) is 3.62. The maximum Gasteiger partial charge on any atom is -0.0190 e. The molecule has 0 amide bonds. The van der Waals surface area contributed by atoms with Crippen molar-refractivity contribution < 1.29 is 0 Å². The Bertz CT molecular complexity index is 325. The van der Waals surface area contributed by atoms with Gasteiger partial charge in [0.05, 0.1) is 0 Å². The Labute approximate surface area is 101 Å². The first-order chi connectivity index (χ1) is 7.63. The fourth-order valence-corrected chi connectivity index (χ4v) is 2.17. The molecule has 90 valence electrons. The average Bonchev–Trinajstić information content (AvgIpc) is 2.35. The van der Waals surface area contributed by atoms with E-state index in [2.05, 4.69) is 52.8 Å². The van der Waals surface area contributed by atoms with Crippen LogP contribution in [0, 0.1) is 0 Å². The fourth-order valence-electron chi connectivity index (χ4n) is 2.17. The highest BCUT2D eigenvalue weighted by atomic mass is 14.2. The number of hydrogen-bond donors (Lipinski definition) is 0. The summed E-state index contributed by atoms with van der Waals surface area (Å²) in [5.41, 5.74) is 4.61. The molecule has 0 nitrogen and oxygen atoms in total. The van der Waals surface area contributed by atoms with E-state index < -0.39 is 0 Å². The van der Waals surface area contributed by atoms with E-state index in [4.69, 9.17) is 0 Å². The molecule has 0 aliphatic heterocycles. The van der Waals surface area contributed by atoms with Crippen molar-refractivity contribution in [3.63, 3.8) is 0 Å². The molecule has 0 N–H and O–H groups in total. The van der Waals surface area contributed by atoms with Gasteiger partial charge in [-0.3, -0.25) is 0 Å². The SMILES string of the molecule is CCc1cc(C(C)CC)ccc1C(C)CC. The number of benzene rings is 1. The van der Waals surface area contributed by atoms with Crippen LogP contribution in [0.3, 0.4) is 0 Å². The lowest BCUT2D eigenvalue weighted by atomic mass is 9.88. The Balaban J connectivity index is 3.06. The Hall–Kier alpha value is -0.780. The molecular weight excluding hydrogens is 192 g/mol. The van der Waals surface area contributed by atoms with Gasteiger partial charge in [-0.1, -0.05) is 52.8 Å². The first-order valence-electron chi connectivity index (χ1n) is 6.76. The smallest absolute Gasteiger partial charge is 0.0190 e. The van der Waals surface area contributed by atoms with Crippen molar-refractivity contribution in [2.45, 2.75) is 65.7 Å². The van der Waals surface area contributed by atoms with Gasteiger partial charge in [0, 0.05) is 0 Å². The van der Waals surface area contributed by atoms with Crippen LogP contribution in [0.2, 0.25) is 0 Å². The van der Waals surface area contributed by atoms with E-state index in [0.717, 1.165) is 6.42 Å². The molecule has 2 unspecified atom stereocenters. The van der Waals surface area contributed by atoms with Crippen molar-refractivity contribution in [1.29, 1.82) is 0 Å². The van der Waals surface area contributed by atoms with Crippen LogP contribution in [-0.2, 0) is 6.42 Å². The van der Waals surface area contributed by atoms with Crippen LogP contribution in [0.15, 0.2) is 18.2 Å². The second-order valence-corrected chi connectivity index (χ2v) is 4.93. The van der Waals surface area contributed by atoms with Crippen molar-refractivity contribution in [3.05, 3.63) is 34.9 Å². The molecule has 16 heavy (non-hydrogen) atoms. The summed E-state index contributed by atoms with van der Waals surface area (Å²) >= 11 is 0.